The second kappa shape index (κ2) is 5.44. The topological polar surface area (TPSA) is 42.2 Å². The molecule has 3 rings (SSSR count). The van der Waals surface area contributed by atoms with Gasteiger partial charge in [0.05, 0.1) is 6.04 Å². The lowest BCUT2D eigenvalue weighted by atomic mass is 10.1. The molecule has 0 aliphatic heterocycles. The summed E-state index contributed by atoms with van der Waals surface area (Å²) in [5.41, 5.74) is 2.63. The van der Waals surface area contributed by atoms with E-state index in [1.807, 2.05) is 68.4 Å². The van der Waals surface area contributed by atoms with Crippen molar-refractivity contribution in [2.45, 2.75) is 19.9 Å². The van der Waals surface area contributed by atoms with E-state index in [0.29, 0.717) is 5.56 Å². The number of hydrogen-bond donors (Lipinski definition) is 1. The summed E-state index contributed by atoms with van der Waals surface area (Å²) >= 11 is 0. The van der Waals surface area contributed by atoms with Gasteiger partial charge in [-0.3, -0.25) is 4.79 Å². The fraction of sp³-hybridized carbons (Fsp3) is 0.167. The van der Waals surface area contributed by atoms with Crippen LogP contribution >= 0.6 is 0 Å². The quantitative estimate of drug-likeness (QED) is 0.779. The van der Waals surface area contributed by atoms with Gasteiger partial charge in [-0.05, 0) is 38.1 Å². The highest BCUT2D eigenvalue weighted by atomic mass is 16.3. The number of hydrogen-bond acceptors (Lipinski definition) is 2. The molecule has 0 spiro atoms. The minimum absolute atomic E-state index is 0.0945. The summed E-state index contributed by atoms with van der Waals surface area (Å²) in [6.07, 6.45) is 0. The van der Waals surface area contributed by atoms with E-state index < -0.39 is 0 Å². The van der Waals surface area contributed by atoms with Crippen LogP contribution < -0.4 is 5.32 Å². The molecule has 0 bridgehead atoms. The molecule has 1 unspecified atom stereocenters. The predicted molar refractivity (Wildman–Crippen MR) is 83.3 cm³/mol. The fourth-order valence-electron chi connectivity index (χ4n) is 2.27. The first kappa shape index (κ1) is 13.4. The molecular formula is C18H17NO2. The first-order valence-electron chi connectivity index (χ1n) is 6.99. The van der Waals surface area contributed by atoms with Crippen LogP contribution in [0.5, 0.6) is 0 Å². The minimum atomic E-state index is -0.175. The SMILES string of the molecule is Cc1ccc(C(=O)NC(C)c2cc3ccccc3o2)cc1. The van der Waals surface area contributed by atoms with Crippen molar-refractivity contribution in [3.8, 4) is 0 Å². The first-order valence-corrected chi connectivity index (χ1v) is 6.99. The van der Waals surface area contributed by atoms with Gasteiger partial charge in [0, 0.05) is 10.9 Å². The molecule has 3 heteroatoms. The van der Waals surface area contributed by atoms with Crippen LogP contribution in [0.3, 0.4) is 0 Å². The molecule has 1 N–H and O–H groups in total. The molecule has 0 saturated carbocycles. The van der Waals surface area contributed by atoms with Gasteiger partial charge in [0.1, 0.15) is 11.3 Å². The van der Waals surface area contributed by atoms with Crippen LogP contribution in [0.25, 0.3) is 11.0 Å². The first-order chi connectivity index (χ1) is 10.1. The Morgan fingerprint density at radius 2 is 1.81 bits per heavy atom. The van der Waals surface area contributed by atoms with Crippen LogP contribution in [0.1, 0.15) is 34.6 Å². The fourth-order valence-corrected chi connectivity index (χ4v) is 2.27. The van der Waals surface area contributed by atoms with Gasteiger partial charge in [0.25, 0.3) is 5.91 Å². The van der Waals surface area contributed by atoms with E-state index in [2.05, 4.69) is 5.32 Å². The molecule has 21 heavy (non-hydrogen) atoms. The van der Waals surface area contributed by atoms with Gasteiger partial charge in [-0.2, -0.15) is 0 Å². The van der Waals surface area contributed by atoms with Crippen molar-refractivity contribution in [2.24, 2.45) is 0 Å². The average Bonchev–Trinajstić information content (AvgIpc) is 2.92. The van der Waals surface area contributed by atoms with E-state index >= 15 is 0 Å². The Morgan fingerprint density at radius 1 is 1.10 bits per heavy atom. The molecule has 3 aromatic rings. The number of nitrogens with one attached hydrogen (secondary N) is 1. The molecule has 1 heterocycles. The van der Waals surface area contributed by atoms with Crippen molar-refractivity contribution < 1.29 is 9.21 Å². The van der Waals surface area contributed by atoms with Gasteiger partial charge in [0.15, 0.2) is 0 Å². The minimum Gasteiger partial charge on any atom is -0.459 e. The smallest absolute Gasteiger partial charge is 0.251 e. The van der Waals surface area contributed by atoms with Crippen LogP contribution in [0, 0.1) is 6.92 Å². The third-order valence-corrected chi connectivity index (χ3v) is 3.53. The zero-order valence-corrected chi connectivity index (χ0v) is 12.1. The maximum absolute atomic E-state index is 12.2. The molecule has 1 amide bonds. The summed E-state index contributed by atoms with van der Waals surface area (Å²) in [6, 6.07) is 17.1. The normalized spacial score (nSPS) is 12.3. The highest BCUT2D eigenvalue weighted by molar-refractivity contribution is 5.94. The molecule has 0 fully saturated rings. The van der Waals surface area contributed by atoms with Crippen molar-refractivity contribution in [3.63, 3.8) is 0 Å². The van der Waals surface area contributed by atoms with Gasteiger partial charge in [0.2, 0.25) is 0 Å². The summed E-state index contributed by atoms with van der Waals surface area (Å²) in [7, 11) is 0. The van der Waals surface area contributed by atoms with Gasteiger partial charge < -0.3 is 9.73 Å². The molecule has 106 valence electrons. The lowest BCUT2D eigenvalue weighted by molar-refractivity contribution is 0.0935. The predicted octanol–water partition coefficient (Wildman–Crippen LogP) is 4.23. The van der Waals surface area contributed by atoms with E-state index in [0.717, 1.165) is 22.3 Å². The van der Waals surface area contributed by atoms with Crippen molar-refractivity contribution in [3.05, 3.63) is 71.5 Å². The van der Waals surface area contributed by atoms with Crippen LogP contribution in [0.15, 0.2) is 59.0 Å². The molecule has 1 aromatic heterocycles. The zero-order chi connectivity index (χ0) is 14.8. The van der Waals surface area contributed by atoms with Gasteiger partial charge in [-0.15, -0.1) is 0 Å². The lowest BCUT2D eigenvalue weighted by Crippen LogP contribution is -2.26. The Balaban J connectivity index is 1.77. The Bertz CT molecular complexity index is 738. The largest absolute Gasteiger partial charge is 0.459 e. The van der Waals surface area contributed by atoms with E-state index in [1.54, 1.807) is 0 Å². The van der Waals surface area contributed by atoms with E-state index in [9.17, 15) is 4.79 Å². The Labute approximate surface area is 123 Å². The molecule has 0 radical (unpaired) electrons. The molecule has 2 aromatic carbocycles. The molecule has 1 atom stereocenters. The summed E-state index contributed by atoms with van der Waals surface area (Å²) in [5, 5.41) is 4.01. The maximum atomic E-state index is 12.2. The number of aryl methyl sites for hydroxylation is 1. The number of furan rings is 1. The summed E-state index contributed by atoms with van der Waals surface area (Å²) in [4.78, 5) is 12.2. The second-order valence-corrected chi connectivity index (χ2v) is 5.25. The summed E-state index contributed by atoms with van der Waals surface area (Å²) < 4.78 is 5.77. The number of fused-ring (bicyclic) bond motifs is 1. The third-order valence-electron chi connectivity index (χ3n) is 3.53. The standard InChI is InChI=1S/C18H17NO2/c1-12-7-9-14(10-8-12)18(20)19-13(2)17-11-15-5-3-4-6-16(15)21-17/h3-11,13H,1-2H3,(H,19,20). The van der Waals surface area contributed by atoms with E-state index in [1.165, 1.54) is 0 Å². The lowest BCUT2D eigenvalue weighted by Gasteiger charge is -2.11. The van der Waals surface area contributed by atoms with Gasteiger partial charge in [-0.25, -0.2) is 0 Å². The Kier molecular flexibility index (Phi) is 3.48. The Hall–Kier alpha value is -2.55. The number of carbonyl (C=O) groups is 1. The van der Waals surface area contributed by atoms with Crippen molar-refractivity contribution in [1.29, 1.82) is 0 Å². The van der Waals surface area contributed by atoms with Crippen molar-refractivity contribution >= 4 is 16.9 Å². The molecule has 3 nitrogen and oxygen atoms in total. The summed E-state index contributed by atoms with van der Waals surface area (Å²) in [5.74, 6) is 0.666. The second-order valence-electron chi connectivity index (χ2n) is 5.25. The molecule has 0 aliphatic carbocycles. The van der Waals surface area contributed by atoms with Crippen LogP contribution in [0.2, 0.25) is 0 Å². The number of para-hydroxylation sites is 1. The number of rotatable bonds is 3. The molecule has 0 aliphatic rings. The van der Waals surface area contributed by atoms with Crippen LogP contribution in [-0.4, -0.2) is 5.91 Å². The monoisotopic (exact) mass is 279 g/mol. The highest BCUT2D eigenvalue weighted by Crippen LogP contribution is 2.23. The van der Waals surface area contributed by atoms with Crippen molar-refractivity contribution in [2.75, 3.05) is 0 Å². The number of carbonyl (C=O) groups excluding carboxylic acids is 1. The van der Waals surface area contributed by atoms with Crippen molar-refractivity contribution in [1.82, 2.24) is 5.32 Å². The van der Waals surface area contributed by atoms with Crippen LogP contribution in [0.4, 0.5) is 0 Å². The number of benzene rings is 2. The van der Waals surface area contributed by atoms with E-state index in [4.69, 9.17) is 4.42 Å². The van der Waals surface area contributed by atoms with Gasteiger partial charge in [-0.1, -0.05) is 35.9 Å². The van der Waals surface area contributed by atoms with Gasteiger partial charge >= 0.3 is 0 Å². The molecular weight excluding hydrogens is 262 g/mol. The van der Waals surface area contributed by atoms with Crippen LogP contribution in [-0.2, 0) is 0 Å². The number of amides is 1. The average molecular weight is 279 g/mol. The molecule has 0 saturated heterocycles. The zero-order valence-electron chi connectivity index (χ0n) is 12.1. The third kappa shape index (κ3) is 2.82. The Morgan fingerprint density at radius 3 is 2.52 bits per heavy atom. The summed E-state index contributed by atoms with van der Waals surface area (Å²) in [6.45, 7) is 3.92. The highest BCUT2D eigenvalue weighted by Gasteiger charge is 2.15. The van der Waals surface area contributed by atoms with E-state index in [-0.39, 0.29) is 11.9 Å². The maximum Gasteiger partial charge on any atom is 0.251 e.